The normalized spacial score (nSPS) is 15.4. The standard InChI is InChI=1S/C13H18N4O3S/c1-19-13(18)10-11(15)9(8-14)21-12(10)16-2-3-17-4-6-20-7-5-17/h16H,2-7,15H2,1H3. The number of thiophene rings is 1. The molecule has 8 heteroatoms. The third kappa shape index (κ3) is 3.64. The third-order valence-corrected chi connectivity index (χ3v) is 4.32. The number of esters is 1. The molecule has 2 rings (SSSR count). The first kappa shape index (κ1) is 15.6. The largest absolute Gasteiger partial charge is 0.465 e. The molecule has 0 amide bonds. The minimum atomic E-state index is -0.529. The highest BCUT2D eigenvalue weighted by molar-refractivity contribution is 7.17. The maximum atomic E-state index is 11.8. The van der Waals surface area contributed by atoms with Crippen LogP contribution in [0.3, 0.4) is 0 Å². The van der Waals surface area contributed by atoms with Crippen LogP contribution in [0.1, 0.15) is 15.2 Å². The van der Waals surface area contributed by atoms with E-state index in [1.807, 2.05) is 6.07 Å². The molecule has 21 heavy (non-hydrogen) atoms. The lowest BCUT2D eigenvalue weighted by Crippen LogP contribution is -2.39. The van der Waals surface area contributed by atoms with Crippen molar-refractivity contribution in [2.45, 2.75) is 0 Å². The van der Waals surface area contributed by atoms with Crippen LogP contribution in [0.25, 0.3) is 0 Å². The highest BCUT2D eigenvalue weighted by Gasteiger charge is 2.22. The first-order chi connectivity index (χ1) is 10.2. The molecule has 0 spiro atoms. The van der Waals surface area contributed by atoms with E-state index in [4.69, 9.17) is 20.5 Å². The van der Waals surface area contributed by atoms with Gasteiger partial charge in [0.2, 0.25) is 0 Å². The van der Waals surface area contributed by atoms with Gasteiger partial charge in [0, 0.05) is 26.2 Å². The number of ether oxygens (including phenoxy) is 2. The Morgan fingerprint density at radius 3 is 2.90 bits per heavy atom. The summed E-state index contributed by atoms with van der Waals surface area (Å²) in [6.45, 7) is 4.80. The average molecular weight is 310 g/mol. The Kier molecular flexibility index (Phi) is 5.38. The van der Waals surface area contributed by atoms with Gasteiger partial charge in [-0.2, -0.15) is 5.26 Å². The van der Waals surface area contributed by atoms with Crippen LogP contribution in [-0.4, -0.2) is 57.4 Å². The average Bonchev–Trinajstić information content (AvgIpc) is 2.83. The smallest absolute Gasteiger partial charge is 0.343 e. The molecule has 3 N–H and O–H groups in total. The van der Waals surface area contributed by atoms with Crippen molar-refractivity contribution in [1.82, 2.24) is 4.90 Å². The number of nitriles is 1. The van der Waals surface area contributed by atoms with Crippen molar-refractivity contribution in [2.75, 3.05) is 57.6 Å². The molecule has 1 aliphatic rings. The first-order valence-electron chi connectivity index (χ1n) is 6.62. The van der Waals surface area contributed by atoms with E-state index in [1.54, 1.807) is 0 Å². The molecule has 1 aromatic heterocycles. The fourth-order valence-electron chi connectivity index (χ4n) is 2.11. The third-order valence-electron chi connectivity index (χ3n) is 3.25. The lowest BCUT2D eigenvalue weighted by molar-refractivity contribution is 0.0398. The van der Waals surface area contributed by atoms with Gasteiger partial charge in [-0.05, 0) is 0 Å². The fourth-order valence-corrected chi connectivity index (χ4v) is 3.04. The van der Waals surface area contributed by atoms with E-state index in [-0.39, 0.29) is 11.3 Å². The van der Waals surface area contributed by atoms with Crippen molar-refractivity contribution >= 4 is 28.0 Å². The van der Waals surface area contributed by atoms with Gasteiger partial charge >= 0.3 is 5.97 Å². The summed E-state index contributed by atoms with van der Waals surface area (Å²) >= 11 is 1.18. The van der Waals surface area contributed by atoms with Crippen molar-refractivity contribution in [3.63, 3.8) is 0 Å². The Morgan fingerprint density at radius 2 is 2.29 bits per heavy atom. The van der Waals surface area contributed by atoms with E-state index >= 15 is 0 Å². The van der Waals surface area contributed by atoms with Crippen molar-refractivity contribution in [3.05, 3.63) is 10.4 Å². The molecule has 7 nitrogen and oxygen atoms in total. The molecule has 1 saturated heterocycles. The van der Waals surface area contributed by atoms with E-state index < -0.39 is 5.97 Å². The molecular formula is C13H18N4O3S. The summed E-state index contributed by atoms with van der Waals surface area (Å²) in [6, 6.07) is 1.99. The molecule has 1 aliphatic heterocycles. The Labute approximate surface area is 127 Å². The molecule has 1 aromatic rings. The zero-order valence-electron chi connectivity index (χ0n) is 11.8. The maximum Gasteiger partial charge on any atom is 0.343 e. The van der Waals surface area contributed by atoms with E-state index in [9.17, 15) is 4.79 Å². The van der Waals surface area contributed by atoms with Gasteiger partial charge in [-0.3, -0.25) is 4.90 Å². The number of nitrogens with zero attached hydrogens (tertiary/aromatic N) is 2. The number of carbonyl (C=O) groups is 1. The second-order valence-corrected chi connectivity index (χ2v) is 5.55. The minimum absolute atomic E-state index is 0.184. The topological polar surface area (TPSA) is 101 Å². The second kappa shape index (κ2) is 7.26. The number of hydrogen-bond acceptors (Lipinski definition) is 8. The molecule has 2 heterocycles. The van der Waals surface area contributed by atoms with Gasteiger partial charge < -0.3 is 20.5 Å². The summed E-state index contributed by atoms with van der Waals surface area (Å²) in [6.07, 6.45) is 0. The van der Waals surface area contributed by atoms with Crippen LogP contribution in [-0.2, 0) is 9.47 Å². The summed E-state index contributed by atoms with van der Waals surface area (Å²) in [5, 5.41) is 12.8. The predicted molar refractivity (Wildman–Crippen MR) is 80.5 cm³/mol. The number of nitrogens with two attached hydrogens (primary N) is 1. The Bertz CT molecular complexity index is 546. The molecule has 0 saturated carbocycles. The Morgan fingerprint density at radius 1 is 1.57 bits per heavy atom. The van der Waals surface area contributed by atoms with Gasteiger partial charge in [0.05, 0.1) is 26.0 Å². The van der Waals surface area contributed by atoms with Gasteiger partial charge in [-0.15, -0.1) is 11.3 Å². The first-order valence-corrected chi connectivity index (χ1v) is 7.43. The van der Waals surface area contributed by atoms with Crippen molar-refractivity contribution in [3.8, 4) is 6.07 Å². The maximum absolute atomic E-state index is 11.8. The van der Waals surface area contributed by atoms with Crippen LogP contribution in [0.5, 0.6) is 0 Å². The Hall–Kier alpha value is -1.82. The molecule has 0 aromatic carbocycles. The van der Waals surface area contributed by atoms with Crippen LogP contribution in [0.4, 0.5) is 10.7 Å². The zero-order chi connectivity index (χ0) is 15.2. The van der Waals surface area contributed by atoms with Crippen molar-refractivity contribution < 1.29 is 14.3 Å². The molecular weight excluding hydrogens is 292 g/mol. The van der Waals surface area contributed by atoms with Crippen LogP contribution in [0.15, 0.2) is 0 Å². The molecule has 0 atom stereocenters. The van der Waals surface area contributed by atoms with Gasteiger partial charge in [0.1, 0.15) is 21.5 Å². The molecule has 0 bridgehead atoms. The van der Waals surface area contributed by atoms with Crippen LogP contribution in [0.2, 0.25) is 0 Å². The van der Waals surface area contributed by atoms with Crippen LogP contribution < -0.4 is 11.1 Å². The molecule has 0 radical (unpaired) electrons. The van der Waals surface area contributed by atoms with Crippen molar-refractivity contribution in [2.24, 2.45) is 0 Å². The van der Waals surface area contributed by atoms with Gasteiger partial charge in [0.15, 0.2) is 0 Å². The molecule has 0 unspecified atom stereocenters. The number of morpholine rings is 1. The Balaban J connectivity index is 2.01. The number of nitrogen functional groups attached to an aromatic ring is 1. The van der Waals surface area contributed by atoms with E-state index in [0.29, 0.717) is 16.4 Å². The fraction of sp³-hybridized carbons (Fsp3) is 0.538. The van der Waals surface area contributed by atoms with E-state index in [0.717, 1.165) is 32.8 Å². The van der Waals surface area contributed by atoms with E-state index in [2.05, 4.69) is 10.2 Å². The van der Waals surface area contributed by atoms with Crippen LogP contribution >= 0.6 is 11.3 Å². The van der Waals surface area contributed by atoms with Crippen LogP contribution in [0, 0.1) is 11.3 Å². The number of carbonyl (C=O) groups excluding carboxylic acids is 1. The van der Waals surface area contributed by atoms with Gasteiger partial charge in [-0.1, -0.05) is 0 Å². The molecule has 0 aliphatic carbocycles. The lowest BCUT2D eigenvalue weighted by Gasteiger charge is -2.26. The number of anilines is 2. The highest BCUT2D eigenvalue weighted by Crippen LogP contribution is 2.35. The summed E-state index contributed by atoms with van der Waals surface area (Å²) in [7, 11) is 1.29. The number of nitrogens with one attached hydrogen (secondary N) is 1. The van der Waals surface area contributed by atoms with Gasteiger partial charge in [-0.25, -0.2) is 4.79 Å². The minimum Gasteiger partial charge on any atom is -0.465 e. The number of methoxy groups -OCH3 is 1. The molecule has 114 valence electrons. The SMILES string of the molecule is COC(=O)c1c(NCCN2CCOCC2)sc(C#N)c1N. The number of rotatable bonds is 5. The second-order valence-electron chi connectivity index (χ2n) is 4.53. The highest BCUT2D eigenvalue weighted by atomic mass is 32.1. The predicted octanol–water partition coefficient (Wildman–Crippen LogP) is 0.733. The zero-order valence-corrected chi connectivity index (χ0v) is 12.7. The quantitative estimate of drug-likeness (QED) is 0.773. The number of hydrogen-bond donors (Lipinski definition) is 2. The van der Waals surface area contributed by atoms with Gasteiger partial charge in [0.25, 0.3) is 0 Å². The summed E-state index contributed by atoms with van der Waals surface area (Å²) in [5.41, 5.74) is 6.26. The summed E-state index contributed by atoms with van der Waals surface area (Å²) < 4.78 is 10.0. The monoisotopic (exact) mass is 310 g/mol. The molecule has 1 fully saturated rings. The summed E-state index contributed by atoms with van der Waals surface area (Å²) in [4.78, 5) is 14.4. The lowest BCUT2D eigenvalue weighted by atomic mass is 10.2. The summed E-state index contributed by atoms with van der Waals surface area (Å²) in [5.74, 6) is -0.529. The van der Waals surface area contributed by atoms with Crippen molar-refractivity contribution in [1.29, 1.82) is 5.26 Å². The van der Waals surface area contributed by atoms with E-state index in [1.165, 1.54) is 18.4 Å².